The monoisotopic (exact) mass is 192 g/mol. The summed E-state index contributed by atoms with van der Waals surface area (Å²) in [5.74, 6) is 1.11. The first-order valence-electron chi connectivity index (χ1n) is 5.23. The maximum Gasteiger partial charge on any atom is 0.257 e. The van der Waals surface area contributed by atoms with Crippen LogP contribution >= 0.6 is 0 Å². The molecule has 2 nitrogen and oxygen atoms in total. The van der Waals surface area contributed by atoms with Crippen molar-refractivity contribution in [3.8, 4) is 5.75 Å². The normalized spacial score (nSPS) is 15.6. The largest absolute Gasteiger partial charge is 0.584 e. The maximum atomic E-state index is 4.25. The van der Waals surface area contributed by atoms with E-state index in [0.29, 0.717) is 0 Å². The van der Waals surface area contributed by atoms with E-state index in [0.717, 1.165) is 18.3 Å². The summed E-state index contributed by atoms with van der Waals surface area (Å²) in [7, 11) is 1.85. The van der Waals surface area contributed by atoms with Gasteiger partial charge < -0.3 is 10.1 Å². The van der Waals surface area contributed by atoms with Crippen molar-refractivity contribution in [1.29, 1.82) is 0 Å². The van der Waals surface area contributed by atoms with Gasteiger partial charge in [-0.15, -0.1) is 0 Å². The Hall–Kier alpha value is -1.02. The van der Waals surface area contributed by atoms with Crippen LogP contribution in [0.4, 0.5) is 0 Å². The number of benzene rings is 1. The van der Waals surface area contributed by atoms with Gasteiger partial charge >= 0.3 is 0 Å². The molecule has 1 saturated carbocycles. The van der Waals surface area contributed by atoms with E-state index >= 15 is 0 Å². The lowest BCUT2D eigenvalue weighted by Crippen LogP contribution is -2.16. The molecule has 0 spiro atoms. The molecule has 2 heteroatoms. The fourth-order valence-corrected chi connectivity index (χ4v) is 1.65. The molecule has 0 bridgehead atoms. The number of aliphatic hydroxyl groups is 1. The number of aromatic hydroxyl groups is 1. The minimum atomic E-state index is 0.775. The molecule has 0 saturated heterocycles. The Morgan fingerprint density at radius 1 is 1.43 bits per heavy atom. The molecule has 0 aromatic heterocycles. The van der Waals surface area contributed by atoms with Crippen molar-refractivity contribution in [1.82, 2.24) is 5.32 Å². The summed E-state index contributed by atoms with van der Waals surface area (Å²) in [5, 5.41) is 3.52. The molecule has 1 aromatic carbocycles. The SMILES string of the molecule is C[OH+]c1cccc(CNC2CC2)c1C. The van der Waals surface area contributed by atoms with Crippen molar-refractivity contribution in [2.75, 3.05) is 7.11 Å². The van der Waals surface area contributed by atoms with Crippen LogP contribution in [0.2, 0.25) is 0 Å². The summed E-state index contributed by atoms with van der Waals surface area (Å²) in [6.07, 6.45) is 2.69. The number of rotatable bonds is 4. The Kier molecular flexibility index (Phi) is 2.73. The Morgan fingerprint density at radius 3 is 2.86 bits per heavy atom. The topological polar surface area (TPSA) is 24.8 Å². The van der Waals surface area contributed by atoms with Crippen molar-refractivity contribution in [3.05, 3.63) is 29.3 Å². The molecule has 0 amide bonds. The van der Waals surface area contributed by atoms with Crippen molar-refractivity contribution < 1.29 is 4.74 Å². The lowest BCUT2D eigenvalue weighted by Gasteiger charge is -2.08. The molecule has 14 heavy (non-hydrogen) atoms. The zero-order valence-electron chi connectivity index (χ0n) is 8.88. The van der Waals surface area contributed by atoms with Gasteiger partial charge in [-0.25, -0.2) is 0 Å². The van der Waals surface area contributed by atoms with Crippen LogP contribution in [0, 0.1) is 6.92 Å². The number of ether oxygens (including phenoxy) is 1. The highest BCUT2D eigenvalue weighted by Gasteiger charge is 2.20. The van der Waals surface area contributed by atoms with Gasteiger partial charge in [-0.1, -0.05) is 12.1 Å². The Bertz CT molecular complexity index is 318. The van der Waals surface area contributed by atoms with E-state index in [-0.39, 0.29) is 0 Å². The highest BCUT2D eigenvalue weighted by molar-refractivity contribution is 5.38. The molecule has 0 unspecified atom stereocenters. The first-order valence-corrected chi connectivity index (χ1v) is 5.23. The average molecular weight is 192 g/mol. The van der Waals surface area contributed by atoms with Gasteiger partial charge in [0.05, 0.1) is 0 Å². The van der Waals surface area contributed by atoms with Gasteiger partial charge in [0.15, 0.2) is 7.11 Å². The Morgan fingerprint density at radius 2 is 2.21 bits per heavy atom. The molecule has 76 valence electrons. The third-order valence-electron chi connectivity index (χ3n) is 2.82. The van der Waals surface area contributed by atoms with Crippen LogP contribution in [0.1, 0.15) is 24.0 Å². The van der Waals surface area contributed by atoms with Crippen LogP contribution in [0.15, 0.2) is 18.2 Å². The molecular weight excluding hydrogens is 174 g/mol. The highest BCUT2D eigenvalue weighted by atomic mass is 16.5. The molecule has 1 aliphatic carbocycles. The minimum Gasteiger partial charge on any atom is -0.584 e. The standard InChI is InChI=1S/C12H17NO/c1-9-10(8-13-11-6-7-11)4-3-5-12(9)14-2/h3-5,11,13H,6-8H2,1-2H3/p+1. The van der Waals surface area contributed by atoms with E-state index in [4.69, 9.17) is 0 Å². The second kappa shape index (κ2) is 4.01. The first kappa shape index (κ1) is 9.53. The van der Waals surface area contributed by atoms with E-state index in [1.54, 1.807) is 0 Å². The number of hydrogen-bond donors (Lipinski definition) is 1. The molecule has 2 rings (SSSR count). The van der Waals surface area contributed by atoms with Gasteiger partial charge in [-0.3, -0.25) is 0 Å². The van der Waals surface area contributed by atoms with Gasteiger partial charge in [-0.2, -0.15) is 0 Å². The molecule has 2 N–H and O–H groups in total. The van der Waals surface area contributed by atoms with Crippen LogP contribution in [0.5, 0.6) is 5.75 Å². The molecule has 0 heterocycles. The molecule has 1 aromatic rings. The Labute approximate surface area is 85.3 Å². The third kappa shape index (κ3) is 2.07. The predicted molar refractivity (Wildman–Crippen MR) is 58.6 cm³/mol. The minimum absolute atomic E-state index is 0.775. The van der Waals surface area contributed by atoms with Crippen molar-refractivity contribution in [3.63, 3.8) is 0 Å². The summed E-state index contributed by atoms with van der Waals surface area (Å²) in [6.45, 7) is 3.13. The van der Waals surface area contributed by atoms with E-state index in [1.807, 2.05) is 7.11 Å². The van der Waals surface area contributed by atoms with Crippen molar-refractivity contribution in [2.45, 2.75) is 32.4 Å². The van der Waals surface area contributed by atoms with Gasteiger partial charge in [0, 0.05) is 24.2 Å². The van der Waals surface area contributed by atoms with Crippen LogP contribution in [-0.2, 0) is 6.54 Å². The zero-order chi connectivity index (χ0) is 9.97. The third-order valence-corrected chi connectivity index (χ3v) is 2.82. The quantitative estimate of drug-likeness (QED) is 0.726. The van der Waals surface area contributed by atoms with Gasteiger partial charge in [-0.05, 0) is 25.3 Å². The summed E-state index contributed by atoms with van der Waals surface area (Å²) >= 11 is 0. The first-order chi connectivity index (χ1) is 6.81. The summed E-state index contributed by atoms with van der Waals surface area (Å²) < 4.78 is 4.25. The molecule has 0 aliphatic heterocycles. The second-order valence-electron chi connectivity index (χ2n) is 3.94. The lowest BCUT2D eigenvalue weighted by atomic mass is 10.1. The summed E-state index contributed by atoms with van der Waals surface area (Å²) in [6, 6.07) is 7.10. The Balaban J connectivity index is 2.06. The predicted octanol–water partition coefficient (Wildman–Crippen LogP) is 2.12. The van der Waals surface area contributed by atoms with Crippen LogP contribution in [-0.4, -0.2) is 17.9 Å². The second-order valence-corrected chi connectivity index (χ2v) is 3.94. The number of hydrogen-bond acceptors (Lipinski definition) is 1. The van der Waals surface area contributed by atoms with Crippen LogP contribution < -0.4 is 5.32 Å². The number of nitrogens with one attached hydrogen (secondary N) is 1. The molecular formula is C12H18NO+. The van der Waals surface area contributed by atoms with Gasteiger partial charge in [0.25, 0.3) is 5.75 Å². The smallest absolute Gasteiger partial charge is 0.257 e. The lowest BCUT2D eigenvalue weighted by molar-refractivity contribution is 0.134. The molecule has 1 fully saturated rings. The molecule has 0 radical (unpaired) electrons. The van der Waals surface area contributed by atoms with E-state index in [9.17, 15) is 0 Å². The van der Waals surface area contributed by atoms with Crippen LogP contribution in [0.25, 0.3) is 0 Å². The molecule has 1 aliphatic rings. The zero-order valence-corrected chi connectivity index (χ0v) is 8.88. The highest BCUT2D eigenvalue weighted by Crippen LogP contribution is 2.23. The summed E-state index contributed by atoms with van der Waals surface area (Å²) in [4.78, 5) is 0. The van der Waals surface area contributed by atoms with Crippen molar-refractivity contribution >= 4 is 0 Å². The van der Waals surface area contributed by atoms with Crippen LogP contribution in [0.3, 0.4) is 0 Å². The average Bonchev–Trinajstić information content (AvgIpc) is 3.00. The van der Waals surface area contributed by atoms with E-state index in [1.165, 1.54) is 24.0 Å². The van der Waals surface area contributed by atoms with E-state index < -0.39 is 0 Å². The molecule has 0 atom stereocenters. The fourth-order valence-electron chi connectivity index (χ4n) is 1.65. The van der Waals surface area contributed by atoms with Gasteiger partial charge in [0.1, 0.15) is 0 Å². The maximum absolute atomic E-state index is 4.25. The van der Waals surface area contributed by atoms with Crippen molar-refractivity contribution in [2.24, 2.45) is 0 Å². The van der Waals surface area contributed by atoms with E-state index in [2.05, 4.69) is 35.2 Å². The summed E-state index contributed by atoms with van der Waals surface area (Å²) in [5.41, 5.74) is 2.68. The van der Waals surface area contributed by atoms with Gasteiger partial charge in [0.2, 0.25) is 0 Å². The fraction of sp³-hybridized carbons (Fsp3) is 0.500.